The van der Waals surface area contributed by atoms with E-state index in [4.69, 9.17) is 0 Å². The van der Waals surface area contributed by atoms with Crippen LogP contribution in [0.5, 0.6) is 0 Å². The first-order valence-corrected chi connectivity index (χ1v) is 9.40. The summed E-state index contributed by atoms with van der Waals surface area (Å²) in [6, 6.07) is 10.5. The fraction of sp³-hybridized carbons (Fsp3) is 0.571. The standard InChI is InChI=1S/C21H28O4/c22-17(20-18(23)14-15-19(24)21(20)25)13-9-4-2-1-3-6-10-16-11-7-5-8-12-16/h5,7-8,11-12,19-20,24H,1-4,6,9-10,13-15H2/t19-,20+/m0/s1. The number of unbranched alkanes of at least 4 members (excludes halogenated alkanes) is 5. The molecule has 0 aliphatic heterocycles. The molecule has 1 aromatic carbocycles. The lowest BCUT2D eigenvalue weighted by atomic mass is 9.81. The number of benzene rings is 1. The van der Waals surface area contributed by atoms with Crippen LogP contribution in [-0.2, 0) is 20.8 Å². The first-order valence-electron chi connectivity index (χ1n) is 9.40. The number of aliphatic hydroxyl groups excluding tert-OH is 1. The maximum atomic E-state index is 12.1. The highest BCUT2D eigenvalue weighted by atomic mass is 16.3. The van der Waals surface area contributed by atoms with Crippen molar-refractivity contribution in [1.82, 2.24) is 0 Å². The number of ketones is 3. The molecule has 136 valence electrons. The molecule has 2 rings (SSSR count). The molecule has 1 aliphatic carbocycles. The molecular formula is C21H28O4. The second-order valence-corrected chi connectivity index (χ2v) is 6.93. The molecule has 0 spiro atoms. The van der Waals surface area contributed by atoms with Crippen LogP contribution in [0.1, 0.15) is 63.4 Å². The van der Waals surface area contributed by atoms with Crippen molar-refractivity contribution in [2.75, 3.05) is 0 Å². The fourth-order valence-electron chi connectivity index (χ4n) is 3.38. The summed E-state index contributed by atoms with van der Waals surface area (Å²) in [5.74, 6) is -2.42. The van der Waals surface area contributed by atoms with Gasteiger partial charge in [0.05, 0.1) is 0 Å². The first-order chi connectivity index (χ1) is 12.1. The van der Waals surface area contributed by atoms with Gasteiger partial charge in [0.25, 0.3) is 0 Å². The Labute approximate surface area is 149 Å². The molecule has 4 nitrogen and oxygen atoms in total. The molecule has 0 unspecified atom stereocenters. The van der Waals surface area contributed by atoms with Gasteiger partial charge in [0, 0.05) is 12.8 Å². The van der Waals surface area contributed by atoms with Gasteiger partial charge in [-0.25, -0.2) is 0 Å². The van der Waals surface area contributed by atoms with Crippen molar-refractivity contribution in [3.63, 3.8) is 0 Å². The lowest BCUT2D eigenvalue weighted by molar-refractivity contribution is -0.147. The highest BCUT2D eigenvalue weighted by Gasteiger charge is 2.40. The van der Waals surface area contributed by atoms with E-state index < -0.39 is 17.8 Å². The molecule has 1 aromatic rings. The number of hydrogen-bond donors (Lipinski definition) is 1. The van der Waals surface area contributed by atoms with Crippen LogP contribution in [0.2, 0.25) is 0 Å². The van der Waals surface area contributed by atoms with E-state index in [9.17, 15) is 19.5 Å². The van der Waals surface area contributed by atoms with E-state index in [1.807, 2.05) is 6.07 Å². The summed E-state index contributed by atoms with van der Waals surface area (Å²) in [7, 11) is 0. The molecule has 0 saturated heterocycles. The molecule has 1 fully saturated rings. The Hall–Kier alpha value is -1.81. The van der Waals surface area contributed by atoms with Crippen molar-refractivity contribution in [2.45, 2.75) is 70.3 Å². The van der Waals surface area contributed by atoms with E-state index in [1.165, 1.54) is 18.4 Å². The third-order valence-corrected chi connectivity index (χ3v) is 4.90. The number of carbonyl (C=O) groups excluding carboxylic acids is 3. The maximum absolute atomic E-state index is 12.1. The van der Waals surface area contributed by atoms with E-state index >= 15 is 0 Å². The molecule has 1 aliphatic rings. The number of carbonyl (C=O) groups is 3. The van der Waals surface area contributed by atoms with Crippen LogP contribution in [0.3, 0.4) is 0 Å². The summed E-state index contributed by atoms with van der Waals surface area (Å²) < 4.78 is 0. The van der Waals surface area contributed by atoms with Crippen molar-refractivity contribution < 1.29 is 19.5 Å². The molecule has 0 amide bonds. The quantitative estimate of drug-likeness (QED) is 0.521. The molecule has 0 aromatic heterocycles. The predicted molar refractivity (Wildman–Crippen MR) is 96.2 cm³/mol. The van der Waals surface area contributed by atoms with Gasteiger partial charge in [-0.15, -0.1) is 0 Å². The Morgan fingerprint density at radius 1 is 0.960 bits per heavy atom. The van der Waals surface area contributed by atoms with Crippen molar-refractivity contribution in [3.05, 3.63) is 35.9 Å². The number of hydrogen-bond acceptors (Lipinski definition) is 4. The predicted octanol–water partition coefficient (Wildman–Crippen LogP) is 3.44. The highest BCUT2D eigenvalue weighted by Crippen LogP contribution is 2.21. The smallest absolute Gasteiger partial charge is 0.179 e. The van der Waals surface area contributed by atoms with Crippen molar-refractivity contribution >= 4 is 17.3 Å². The third kappa shape index (κ3) is 6.20. The van der Waals surface area contributed by atoms with Crippen LogP contribution in [0, 0.1) is 5.92 Å². The molecule has 4 heteroatoms. The molecular weight excluding hydrogens is 316 g/mol. The van der Waals surface area contributed by atoms with Gasteiger partial charge >= 0.3 is 0 Å². The minimum absolute atomic E-state index is 0.130. The lowest BCUT2D eigenvalue weighted by Gasteiger charge is -2.22. The summed E-state index contributed by atoms with van der Waals surface area (Å²) in [5, 5.41) is 9.54. The monoisotopic (exact) mass is 344 g/mol. The molecule has 0 radical (unpaired) electrons. The highest BCUT2D eigenvalue weighted by molar-refractivity contribution is 6.21. The average molecular weight is 344 g/mol. The van der Waals surface area contributed by atoms with Crippen LogP contribution >= 0.6 is 0 Å². The van der Waals surface area contributed by atoms with Crippen molar-refractivity contribution in [2.24, 2.45) is 5.92 Å². The number of aliphatic hydroxyl groups is 1. The van der Waals surface area contributed by atoms with E-state index in [2.05, 4.69) is 24.3 Å². The Morgan fingerprint density at radius 2 is 1.60 bits per heavy atom. The van der Waals surface area contributed by atoms with Crippen molar-refractivity contribution in [3.8, 4) is 0 Å². The molecule has 0 heterocycles. The Kier molecular flexibility index (Phi) is 7.99. The van der Waals surface area contributed by atoms with Gasteiger partial charge in [-0.2, -0.15) is 0 Å². The van der Waals surface area contributed by atoms with Gasteiger partial charge in [-0.3, -0.25) is 14.4 Å². The maximum Gasteiger partial charge on any atom is 0.179 e. The summed E-state index contributed by atoms with van der Waals surface area (Å²) in [4.78, 5) is 35.7. The molecule has 2 atom stereocenters. The molecule has 25 heavy (non-hydrogen) atoms. The third-order valence-electron chi connectivity index (χ3n) is 4.90. The zero-order valence-electron chi connectivity index (χ0n) is 14.8. The van der Waals surface area contributed by atoms with Crippen LogP contribution in [0.4, 0.5) is 0 Å². The fourth-order valence-corrected chi connectivity index (χ4v) is 3.38. The van der Waals surface area contributed by atoms with Crippen LogP contribution in [0.25, 0.3) is 0 Å². The Balaban J connectivity index is 1.54. The first kappa shape index (κ1) is 19.5. The van der Waals surface area contributed by atoms with E-state index in [0.29, 0.717) is 6.42 Å². The SMILES string of the molecule is O=C(CCCCCCCCc1ccccc1)[C@@H]1C(=O)CC[C@H](O)C1=O. The minimum atomic E-state index is -1.20. The minimum Gasteiger partial charge on any atom is -0.385 e. The zero-order valence-corrected chi connectivity index (χ0v) is 14.8. The van der Waals surface area contributed by atoms with Gasteiger partial charge in [-0.1, -0.05) is 56.0 Å². The second kappa shape index (κ2) is 10.2. The molecule has 0 bridgehead atoms. The number of Topliss-reactive ketones (excluding diaryl/α,β-unsaturated/α-hetero) is 3. The topological polar surface area (TPSA) is 71.4 Å². The van der Waals surface area contributed by atoms with E-state index in [1.54, 1.807) is 0 Å². The van der Waals surface area contributed by atoms with Crippen molar-refractivity contribution in [1.29, 1.82) is 0 Å². The second-order valence-electron chi connectivity index (χ2n) is 6.93. The van der Waals surface area contributed by atoms with Gasteiger partial charge in [0.15, 0.2) is 17.3 Å². The summed E-state index contributed by atoms with van der Waals surface area (Å²) in [6.07, 6.45) is 6.72. The Bertz CT molecular complexity index is 579. The summed E-state index contributed by atoms with van der Waals surface area (Å²) >= 11 is 0. The molecule has 1 N–H and O–H groups in total. The van der Waals surface area contributed by atoms with Gasteiger partial charge < -0.3 is 5.11 Å². The lowest BCUT2D eigenvalue weighted by Crippen LogP contribution is -2.43. The van der Waals surface area contributed by atoms with Crippen LogP contribution in [0.15, 0.2) is 30.3 Å². The van der Waals surface area contributed by atoms with Gasteiger partial charge in [0.2, 0.25) is 0 Å². The zero-order chi connectivity index (χ0) is 18.1. The number of aryl methyl sites for hydroxylation is 1. The summed E-state index contributed by atoms with van der Waals surface area (Å²) in [6.45, 7) is 0. The largest absolute Gasteiger partial charge is 0.385 e. The average Bonchev–Trinajstić information content (AvgIpc) is 2.61. The van der Waals surface area contributed by atoms with Gasteiger partial charge in [-0.05, 0) is 31.2 Å². The number of rotatable bonds is 10. The van der Waals surface area contributed by atoms with E-state index in [0.717, 1.165) is 25.7 Å². The normalized spacial score (nSPS) is 20.7. The van der Waals surface area contributed by atoms with E-state index in [-0.39, 0.29) is 30.8 Å². The summed E-state index contributed by atoms with van der Waals surface area (Å²) in [5.41, 5.74) is 1.37. The van der Waals surface area contributed by atoms with Crippen LogP contribution in [-0.4, -0.2) is 28.6 Å². The molecule has 1 saturated carbocycles. The van der Waals surface area contributed by atoms with Crippen LogP contribution < -0.4 is 0 Å². The van der Waals surface area contributed by atoms with Gasteiger partial charge in [0.1, 0.15) is 12.0 Å². The Morgan fingerprint density at radius 3 is 2.32 bits per heavy atom.